The van der Waals surface area contributed by atoms with Gasteiger partial charge < -0.3 is 19.8 Å². The molecule has 0 fully saturated rings. The van der Waals surface area contributed by atoms with Crippen molar-refractivity contribution < 1.29 is 32.1 Å². The molecule has 1 amide bonds. The van der Waals surface area contributed by atoms with Crippen molar-refractivity contribution in [1.29, 1.82) is 0 Å². The summed E-state index contributed by atoms with van der Waals surface area (Å²) in [7, 11) is -0.0695. The van der Waals surface area contributed by atoms with Gasteiger partial charge in [-0.3, -0.25) is 14.1 Å². The van der Waals surface area contributed by atoms with Crippen LogP contribution in [0.1, 0.15) is 46.0 Å². The molecule has 29 heavy (non-hydrogen) atoms. The molecule has 0 aliphatic carbocycles. The second-order valence-corrected chi connectivity index (χ2v) is 11.1. The lowest BCUT2D eigenvalue weighted by Crippen LogP contribution is -2.47. The van der Waals surface area contributed by atoms with Gasteiger partial charge in [0.15, 0.2) is 0 Å². The molecular weight excluding hydrogens is 418 g/mol. The first-order chi connectivity index (χ1) is 13.0. The van der Waals surface area contributed by atoms with Crippen molar-refractivity contribution in [2.45, 2.75) is 56.2 Å². The molecule has 2 unspecified atom stereocenters. The van der Waals surface area contributed by atoms with E-state index in [9.17, 15) is 18.0 Å². The van der Waals surface area contributed by atoms with Crippen molar-refractivity contribution in [3.05, 3.63) is 11.4 Å². The van der Waals surface area contributed by atoms with Crippen molar-refractivity contribution in [1.82, 2.24) is 5.32 Å². The number of quaternary nitrogens is 1. The van der Waals surface area contributed by atoms with E-state index in [1.165, 1.54) is 0 Å². The summed E-state index contributed by atoms with van der Waals surface area (Å²) in [6.07, 6.45) is 1.13. The fourth-order valence-corrected chi connectivity index (χ4v) is 3.98. The number of aliphatic carboxylic acids is 1. The summed E-state index contributed by atoms with van der Waals surface area (Å²) in [5.74, 6) is -1.57. The Morgan fingerprint density at radius 1 is 1.21 bits per heavy atom. The van der Waals surface area contributed by atoms with Crippen LogP contribution in [0, 0.1) is 6.57 Å². The van der Waals surface area contributed by atoms with E-state index in [4.69, 9.17) is 16.2 Å². The highest BCUT2D eigenvalue weighted by Crippen LogP contribution is 2.32. The van der Waals surface area contributed by atoms with Gasteiger partial charge in [0.1, 0.15) is 0 Å². The Hall–Kier alpha value is -1.35. The van der Waals surface area contributed by atoms with Crippen LogP contribution in [0.5, 0.6) is 0 Å². The maximum atomic E-state index is 12.5. The van der Waals surface area contributed by atoms with Crippen LogP contribution >= 0.6 is 12.6 Å². The van der Waals surface area contributed by atoms with E-state index >= 15 is 0 Å². The van der Waals surface area contributed by atoms with E-state index in [1.54, 1.807) is 13.8 Å². The molecule has 0 aromatic rings. The standard InChI is InChI=1S/C18H33N3O6S2/c1-17(19-3,9-8-15(22)23)14-18(2,28)16(24)20-10-6-11-21(4,5)12-7-13-29(25,26)27/h6-14H2,1-2,4-5H3,(H3-,20,22,23,24,25,26,27,28)/p+1. The van der Waals surface area contributed by atoms with E-state index in [1.807, 2.05) is 14.1 Å². The third-order valence-electron chi connectivity index (χ3n) is 4.75. The van der Waals surface area contributed by atoms with E-state index < -0.39 is 26.4 Å². The van der Waals surface area contributed by atoms with Gasteiger partial charge in [-0.05, 0) is 6.92 Å². The Morgan fingerprint density at radius 2 is 1.76 bits per heavy atom. The summed E-state index contributed by atoms with van der Waals surface area (Å²) in [6.45, 7) is 12.3. The highest BCUT2D eigenvalue weighted by atomic mass is 32.2. The molecule has 0 aromatic carbocycles. The number of thiol groups is 1. The zero-order chi connectivity index (χ0) is 22.9. The van der Waals surface area contributed by atoms with Gasteiger partial charge in [-0.25, -0.2) is 6.57 Å². The number of carbonyl (C=O) groups excluding carboxylic acids is 1. The number of amides is 1. The molecule has 0 saturated carbocycles. The quantitative estimate of drug-likeness (QED) is 0.104. The Labute approximate surface area is 179 Å². The molecule has 0 saturated heterocycles. The number of rotatable bonds is 14. The highest BCUT2D eigenvalue weighted by Gasteiger charge is 2.42. The normalized spacial score (nSPS) is 16.3. The molecule has 0 rings (SSSR count). The van der Waals surface area contributed by atoms with Crippen LogP contribution in [-0.4, -0.2) is 84.2 Å². The van der Waals surface area contributed by atoms with Crippen molar-refractivity contribution in [2.24, 2.45) is 0 Å². The van der Waals surface area contributed by atoms with E-state index in [-0.39, 0.29) is 30.9 Å². The van der Waals surface area contributed by atoms with Gasteiger partial charge in [-0.1, -0.05) is 0 Å². The van der Waals surface area contributed by atoms with Gasteiger partial charge >= 0.3 is 5.97 Å². The molecule has 0 bridgehead atoms. The lowest BCUT2D eigenvalue weighted by molar-refractivity contribution is -0.890. The maximum absolute atomic E-state index is 12.5. The molecule has 168 valence electrons. The average Bonchev–Trinajstić information content (AvgIpc) is 2.55. The number of hydrogen-bond acceptors (Lipinski definition) is 5. The zero-order valence-electron chi connectivity index (χ0n) is 17.6. The predicted molar refractivity (Wildman–Crippen MR) is 114 cm³/mol. The number of carboxylic acids is 1. The molecule has 3 N–H and O–H groups in total. The molecule has 0 spiro atoms. The fraction of sp³-hybridized carbons (Fsp3) is 0.833. The third-order valence-corrected chi connectivity index (χ3v) is 5.92. The number of nitrogens with zero attached hydrogens (tertiary/aromatic N) is 2. The summed E-state index contributed by atoms with van der Waals surface area (Å²) >= 11 is 4.42. The molecule has 0 aliphatic rings. The van der Waals surface area contributed by atoms with Gasteiger partial charge in [-0.2, -0.15) is 21.0 Å². The fourth-order valence-electron chi connectivity index (χ4n) is 3.07. The number of hydrogen-bond donors (Lipinski definition) is 4. The van der Waals surface area contributed by atoms with Gasteiger partial charge in [0.2, 0.25) is 11.4 Å². The molecular formula is C18H34N3O6S2+. The lowest BCUT2D eigenvalue weighted by atomic mass is 9.85. The Kier molecular flexibility index (Phi) is 10.6. The first-order valence-corrected chi connectivity index (χ1v) is 11.5. The largest absolute Gasteiger partial charge is 0.481 e. The topological polar surface area (TPSA) is 125 Å². The zero-order valence-corrected chi connectivity index (χ0v) is 19.4. The van der Waals surface area contributed by atoms with Gasteiger partial charge in [-0.15, -0.1) is 0 Å². The number of carboxylic acid groups (broad SMARTS) is 1. The van der Waals surface area contributed by atoms with Crippen LogP contribution < -0.4 is 5.32 Å². The highest BCUT2D eigenvalue weighted by molar-refractivity contribution is 7.85. The maximum Gasteiger partial charge on any atom is 0.303 e. The second kappa shape index (κ2) is 11.2. The summed E-state index contributed by atoms with van der Waals surface area (Å²) in [5, 5.41) is 11.6. The minimum absolute atomic E-state index is 0.128. The molecule has 0 radical (unpaired) electrons. The smallest absolute Gasteiger partial charge is 0.303 e. The van der Waals surface area contributed by atoms with Crippen molar-refractivity contribution in [3.8, 4) is 0 Å². The minimum Gasteiger partial charge on any atom is -0.481 e. The van der Waals surface area contributed by atoms with Crippen molar-refractivity contribution in [3.63, 3.8) is 0 Å². The van der Waals surface area contributed by atoms with Gasteiger partial charge in [0, 0.05) is 39.2 Å². The number of carbonyl (C=O) groups is 2. The van der Waals surface area contributed by atoms with Crippen molar-refractivity contribution >= 4 is 34.6 Å². The summed E-state index contributed by atoms with van der Waals surface area (Å²) in [4.78, 5) is 26.8. The van der Waals surface area contributed by atoms with Crippen molar-refractivity contribution in [2.75, 3.05) is 39.5 Å². The SMILES string of the molecule is [C-]#[N+]C(C)(CCC(=O)O)CC(C)(S)C(=O)NCCC[N+](C)(C)CCCS(=O)(=O)O. The third kappa shape index (κ3) is 12.7. The second-order valence-electron chi connectivity index (χ2n) is 8.59. The summed E-state index contributed by atoms with van der Waals surface area (Å²) in [5.41, 5.74) is -0.988. The summed E-state index contributed by atoms with van der Waals surface area (Å²) in [6, 6.07) is 0. The Bertz CT molecular complexity index is 716. The molecule has 0 aromatic heterocycles. The average molecular weight is 453 g/mol. The van der Waals surface area contributed by atoms with E-state index in [2.05, 4.69) is 22.8 Å². The molecule has 0 heterocycles. The Balaban J connectivity index is 4.50. The first kappa shape index (κ1) is 27.6. The monoisotopic (exact) mass is 452 g/mol. The van der Waals surface area contributed by atoms with Crippen LogP contribution in [0.2, 0.25) is 0 Å². The van der Waals surface area contributed by atoms with E-state index in [0.29, 0.717) is 37.0 Å². The van der Waals surface area contributed by atoms with Gasteiger partial charge in [0.05, 0.1) is 44.1 Å². The van der Waals surface area contributed by atoms with Crippen LogP contribution in [-0.2, 0) is 19.7 Å². The predicted octanol–water partition coefficient (Wildman–Crippen LogP) is 1.47. The van der Waals surface area contributed by atoms with Crippen LogP contribution in [0.4, 0.5) is 0 Å². The lowest BCUT2D eigenvalue weighted by Gasteiger charge is -2.30. The molecule has 2 atom stereocenters. The molecule has 0 aliphatic heterocycles. The summed E-state index contributed by atoms with van der Waals surface area (Å²) < 4.78 is 29.8. The minimum atomic E-state index is -3.95. The number of nitrogens with one attached hydrogen (secondary N) is 1. The van der Waals surface area contributed by atoms with Crippen LogP contribution in [0.3, 0.4) is 0 Å². The Morgan fingerprint density at radius 3 is 2.24 bits per heavy atom. The van der Waals surface area contributed by atoms with Crippen LogP contribution in [0.15, 0.2) is 0 Å². The van der Waals surface area contributed by atoms with Gasteiger partial charge in [0.25, 0.3) is 10.1 Å². The molecule has 9 nitrogen and oxygen atoms in total. The molecule has 11 heteroatoms. The first-order valence-electron chi connectivity index (χ1n) is 9.40. The van der Waals surface area contributed by atoms with Crippen LogP contribution in [0.25, 0.3) is 4.85 Å². The van der Waals surface area contributed by atoms with E-state index in [0.717, 1.165) is 0 Å².